The SMILES string of the molecule is Cc1cc(Cl)c(S(=O)(=O)NC(C)C)cc1N. The third kappa shape index (κ3) is 2.87. The van der Waals surface area contributed by atoms with Crippen molar-refractivity contribution in [3.63, 3.8) is 0 Å². The van der Waals surface area contributed by atoms with Crippen molar-refractivity contribution < 1.29 is 8.42 Å². The van der Waals surface area contributed by atoms with Crippen LogP contribution in [-0.2, 0) is 10.0 Å². The lowest BCUT2D eigenvalue weighted by molar-refractivity contribution is 0.570. The highest BCUT2D eigenvalue weighted by molar-refractivity contribution is 7.89. The molecule has 0 radical (unpaired) electrons. The lowest BCUT2D eigenvalue weighted by Gasteiger charge is -2.12. The van der Waals surface area contributed by atoms with Gasteiger partial charge in [-0.15, -0.1) is 0 Å². The normalized spacial score (nSPS) is 12.1. The summed E-state index contributed by atoms with van der Waals surface area (Å²) in [7, 11) is -3.59. The van der Waals surface area contributed by atoms with Gasteiger partial charge in [-0.3, -0.25) is 0 Å². The fourth-order valence-electron chi connectivity index (χ4n) is 1.25. The molecule has 0 spiro atoms. The van der Waals surface area contributed by atoms with Gasteiger partial charge in [-0.25, -0.2) is 13.1 Å². The van der Waals surface area contributed by atoms with Crippen LogP contribution < -0.4 is 10.5 Å². The number of sulfonamides is 1. The molecular weight excluding hydrogens is 248 g/mol. The molecule has 0 aliphatic rings. The van der Waals surface area contributed by atoms with E-state index >= 15 is 0 Å². The van der Waals surface area contributed by atoms with Gasteiger partial charge in [0.2, 0.25) is 10.0 Å². The summed E-state index contributed by atoms with van der Waals surface area (Å²) < 4.78 is 26.2. The number of aryl methyl sites for hydroxylation is 1. The van der Waals surface area contributed by atoms with Gasteiger partial charge in [0.25, 0.3) is 0 Å². The molecule has 0 fully saturated rings. The Bertz CT molecular complexity index is 498. The maximum atomic E-state index is 11.9. The first-order valence-corrected chi connectivity index (χ1v) is 6.68. The molecule has 0 aliphatic heterocycles. The number of nitrogens with one attached hydrogen (secondary N) is 1. The maximum Gasteiger partial charge on any atom is 0.242 e. The number of benzene rings is 1. The van der Waals surface area contributed by atoms with Gasteiger partial charge in [-0.05, 0) is 38.5 Å². The molecule has 0 saturated heterocycles. The lowest BCUT2D eigenvalue weighted by Crippen LogP contribution is -2.30. The van der Waals surface area contributed by atoms with E-state index in [9.17, 15) is 8.42 Å². The van der Waals surface area contributed by atoms with E-state index in [0.29, 0.717) is 5.69 Å². The summed E-state index contributed by atoms with van der Waals surface area (Å²) in [6.45, 7) is 5.25. The fraction of sp³-hybridized carbons (Fsp3) is 0.400. The highest BCUT2D eigenvalue weighted by Crippen LogP contribution is 2.26. The molecule has 16 heavy (non-hydrogen) atoms. The Morgan fingerprint density at radius 2 is 1.94 bits per heavy atom. The summed E-state index contributed by atoms with van der Waals surface area (Å²) >= 11 is 5.89. The number of rotatable bonds is 3. The van der Waals surface area contributed by atoms with Crippen molar-refractivity contribution >= 4 is 27.3 Å². The molecule has 3 N–H and O–H groups in total. The second kappa shape index (κ2) is 4.61. The van der Waals surface area contributed by atoms with Gasteiger partial charge in [-0.1, -0.05) is 11.6 Å². The predicted octanol–water partition coefficient (Wildman–Crippen LogP) is 1.92. The van der Waals surface area contributed by atoms with Crippen LogP contribution in [-0.4, -0.2) is 14.5 Å². The number of nitrogens with two attached hydrogens (primary N) is 1. The minimum Gasteiger partial charge on any atom is -0.398 e. The molecule has 1 aromatic rings. The van der Waals surface area contributed by atoms with E-state index in [-0.39, 0.29) is 16.0 Å². The van der Waals surface area contributed by atoms with Crippen molar-refractivity contribution in [2.75, 3.05) is 5.73 Å². The third-order valence-electron chi connectivity index (χ3n) is 2.00. The Kier molecular flexibility index (Phi) is 3.83. The maximum absolute atomic E-state index is 11.9. The van der Waals surface area contributed by atoms with E-state index in [1.165, 1.54) is 6.07 Å². The van der Waals surface area contributed by atoms with E-state index in [2.05, 4.69) is 4.72 Å². The molecule has 0 aliphatic carbocycles. The number of hydrogen-bond acceptors (Lipinski definition) is 3. The highest BCUT2D eigenvalue weighted by Gasteiger charge is 2.19. The average molecular weight is 263 g/mol. The van der Waals surface area contributed by atoms with E-state index in [4.69, 9.17) is 17.3 Å². The molecule has 0 bridgehead atoms. The van der Waals surface area contributed by atoms with Crippen LogP contribution in [0.2, 0.25) is 5.02 Å². The first-order chi connectivity index (χ1) is 7.24. The van der Waals surface area contributed by atoms with Crippen LogP contribution in [0.3, 0.4) is 0 Å². The molecule has 1 aromatic carbocycles. The van der Waals surface area contributed by atoms with E-state index in [1.807, 2.05) is 0 Å². The minimum absolute atomic E-state index is 0.0194. The molecule has 90 valence electrons. The van der Waals surface area contributed by atoms with Crippen molar-refractivity contribution in [3.8, 4) is 0 Å². The Hall–Kier alpha value is -0.780. The molecule has 1 rings (SSSR count). The molecule has 0 amide bonds. The zero-order valence-corrected chi connectivity index (χ0v) is 11.0. The molecule has 0 atom stereocenters. The van der Waals surface area contributed by atoms with Crippen molar-refractivity contribution in [1.29, 1.82) is 0 Å². The number of halogens is 1. The van der Waals surface area contributed by atoms with Crippen LogP contribution in [0.1, 0.15) is 19.4 Å². The topological polar surface area (TPSA) is 72.2 Å². The minimum atomic E-state index is -3.59. The Balaban J connectivity index is 3.29. The molecule has 0 aromatic heterocycles. The molecule has 0 heterocycles. The molecule has 0 saturated carbocycles. The summed E-state index contributed by atoms with van der Waals surface area (Å²) in [6, 6.07) is 2.73. The van der Waals surface area contributed by atoms with E-state index < -0.39 is 10.0 Å². The van der Waals surface area contributed by atoms with Crippen LogP contribution in [0.5, 0.6) is 0 Å². The summed E-state index contributed by atoms with van der Waals surface area (Å²) in [5.74, 6) is 0. The van der Waals surface area contributed by atoms with Crippen LogP contribution in [0.15, 0.2) is 17.0 Å². The largest absolute Gasteiger partial charge is 0.398 e. The zero-order chi connectivity index (χ0) is 12.5. The first kappa shape index (κ1) is 13.3. The lowest BCUT2D eigenvalue weighted by atomic mass is 10.2. The smallest absolute Gasteiger partial charge is 0.242 e. The van der Waals surface area contributed by atoms with E-state index in [0.717, 1.165) is 5.56 Å². The first-order valence-electron chi connectivity index (χ1n) is 4.82. The van der Waals surface area contributed by atoms with Crippen LogP contribution >= 0.6 is 11.6 Å². The monoisotopic (exact) mass is 262 g/mol. The third-order valence-corrected chi connectivity index (χ3v) is 4.12. The van der Waals surface area contributed by atoms with E-state index in [1.54, 1.807) is 26.8 Å². The standard InChI is InChI=1S/C10H15ClN2O2S/c1-6(2)13-16(14,15)10-5-9(12)7(3)4-8(10)11/h4-6,13H,12H2,1-3H3. The summed E-state index contributed by atoms with van der Waals surface area (Å²) in [5, 5.41) is 0.180. The number of anilines is 1. The Labute approximate surface area is 101 Å². The van der Waals surface area contributed by atoms with Gasteiger partial charge < -0.3 is 5.73 Å². The van der Waals surface area contributed by atoms with Crippen molar-refractivity contribution in [2.45, 2.75) is 31.7 Å². The van der Waals surface area contributed by atoms with Crippen LogP contribution in [0.25, 0.3) is 0 Å². The van der Waals surface area contributed by atoms with Crippen molar-refractivity contribution in [1.82, 2.24) is 4.72 Å². The quantitative estimate of drug-likeness (QED) is 0.818. The van der Waals surface area contributed by atoms with Gasteiger partial charge in [0.1, 0.15) is 4.90 Å². The molecule has 0 unspecified atom stereocenters. The van der Waals surface area contributed by atoms with Gasteiger partial charge in [0.05, 0.1) is 5.02 Å². The van der Waals surface area contributed by atoms with Gasteiger partial charge >= 0.3 is 0 Å². The summed E-state index contributed by atoms with van der Waals surface area (Å²) in [4.78, 5) is 0.0194. The average Bonchev–Trinajstić information content (AvgIpc) is 2.08. The zero-order valence-electron chi connectivity index (χ0n) is 9.41. The summed E-state index contributed by atoms with van der Waals surface area (Å²) in [5.41, 5.74) is 6.83. The van der Waals surface area contributed by atoms with Crippen LogP contribution in [0.4, 0.5) is 5.69 Å². The second-order valence-corrected chi connectivity index (χ2v) is 6.00. The molecule has 6 heteroatoms. The molecular formula is C10H15ClN2O2S. The number of nitrogen functional groups attached to an aromatic ring is 1. The van der Waals surface area contributed by atoms with Gasteiger partial charge in [-0.2, -0.15) is 0 Å². The Morgan fingerprint density at radius 1 is 1.38 bits per heavy atom. The molecule has 4 nitrogen and oxygen atoms in total. The van der Waals surface area contributed by atoms with Gasteiger partial charge in [0.15, 0.2) is 0 Å². The second-order valence-electron chi connectivity index (χ2n) is 3.92. The number of hydrogen-bond donors (Lipinski definition) is 2. The highest BCUT2D eigenvalue weighted by atomic mass is 35.5. The van der Waals surface area contributed by atoms with Crippen LogP contribution in [0, 0.1) is 6.92 Å². The fourth-order valence-corrected chi connectivity index (χ4v) is 3.12. The predicted molar refractivity (Wildman–Crippen MR) is 66.1 cm³/mol. The van der Waals surface area contributed by atoms with Gasteiger partial charge in [0, 0.05) is 11.7 Å². The Morgan fingerprint density at radius 3 is 2.44 bits per heavy atom. The van der Waals surface area contributed by atoms with Crippen molar-refractivity contribution in [3.05, 3.63) is 22.7 Å². The van der Waals surface area contributed by atoms with Crippen molar-refractivity contribution in [2.24, 2.45) is 0 Å². The summed E-state index contributed by atoms with van der Waals surface area (Å²) in [6.07, 6.45) is 0.